The van der Waals surface area contributed by atoms with Gasteiger partial charge in [-0.15, -0.1) is 0 Å². The highest BCUT2D eigenvalue weighted by atomic mass is 16.4. The summed E-state index contributed by atoms with van der Waals surface area (Å²) in [5, 5.41) is 8.63. The summed E-state index contributed by atoms with van der Waals surface area (Å²) < 4.78 is 19.5. The minimum atomic E-state index is 0.567. The van der Waals surface area contributed by atoms with Gasteiger partial charge in [0.2, 0.25) is 5.89 Å². The molecule has 0 aliphatic carbocycles. The average molecular weight is 643 g/mol. The molecule has 11 aromatic rings. The van der Waals surface area contributed by atoms with Crippen molar-refractivity contribution >= 4 is 93.6 Å². The van der Waals surface area contributed by atoms with Crippen LogP contribution in [0.5, 0.6) is 0 Å². The van der Waals surface area contributed by atoms with Gasteiger partial charge in [0.1, 0.15) is 27.8 Å². The molecule has 0 fully saturated rings. The minimum absolute atomic E-state index is 0.567. The number of aromatic nitrogens is 1. The quantitative estimate of drug-likeness (QED) is 0.191. The van der Waals surface area contributed by atoms with Gasteiger partial charge in [0.15, 0.2) is 5.58 Å². The molecule has 0 amide bonds. The van der Waals surface area contributed by atoms with Gasteiger partial charge in [0, 0.05) is 61.0 Å². The summed E-state index contributed by atoms with van der Waals surface area (Å²) in [4.78, 5) is 7.30. The number of oxazole rings is 1. The van der Waals surface area contributed by atoms with Gasteiger partial charge in [-0.25, -0.2) is 4.98 Å². The molecule has 3 heterocycles. The van der Waals surface area contributed by atoms with Crippen molar-refractivity contribution in [3.63, 3.8) is 0 Å². The lowest BCUT2D eigenvalue weighted by molar-refractivity contribution is 0.620. The molecule has 11 rings (SSSR count). The third kappa shape index (κ3) is 3.98. The van der Waals surface area contributed by atoms with E-state index in [4.69, 9.17) is 18.2 Å². The Hall–Kier alpha value is -6.85. The molecule has 0 bridgehead atoms. The second-order valence-electron chi connectivity index (χ2n) is 12.7. The first kappa shape index (κ1) is 27.1. The average Bonchev–Trinajstić information content (AvgIpc) is 3.89. The monoisotopic (exact) mass is 642 g/mol. The smallest absolute Gasteiger partial charge is 0.228 e. The molecule has 8 aromatic carbocycles. The number of furan rings is 2. The molecule has 0 atom stereocenters. The first-order valence-corrected chi connectivity index (χ1v) is 16.7. The third-order valence-electron chi connectivity index (χ3n) is 9.87. The highest BCUT2D eigenvalue weighted by molar-refractivity contribution is 6.16. The summed E-state index contributed by atoms with van der Waals surface area (Å²) in [6.07, 6.45) is 0. The van der Waals surface area contributed by atoms with Crippen molar-refractivity contribution in [2.45, 2.75) is 0 Å². The summed E-state index contributed by atoms with van der Waals surface area (Å²) >= 11 is 0. The van der Waals surface area contributed by atoms with Gasteiger partial charge in [0.05, 0.1) is 0 Å². The van der Waals surface area contributed by atoms with Crippen molar-refractivity contribution in [1.82, 2.24) is 4.98 Å². The molecule has 50 heavy (non-hydrogen) atoms. The Morgan fingerprint density at radius 2 is 1.12 bits per heavy atom. The van der Waals surface area contributed by atoms with E-state index < -0.39 is 0 Å². The molecule has 234 valence electrons. The van der Waals surface area contributed by atoms with Crippen molar-refractivity contribution in [2.75, 3.05) is 4.90 Å². The minimum Gasteiger partial charge on any atom is -0.456 e. The van der Waals surface area contributed by atoms with Crippen LogP contribution in [0.1, 0.15) is 0 Å². The Bertz CT molecular complexity index is 3110. The lowest BCUT2D eigenvalue weighted by atomic mass is 10.0. The second-order valence-corrected chi connectivity index (χ2v) is 12.7. The first-order chi connectivity index (χ1) is 24.8. The van der Waals surface area contributed by atoms with E-state index in [1.54, 1.807) is 0 Å². The zero-order chi connectivity index (χ0) is 32.8. The largest absolute Gasteiger partial charge is 0.456 e. The van der Waals surface area contributed by atoms with Crippen LogP contribution in [0.25, 0.3) is 88.0 Å². The van der Waals surface area contributed by atoms with Crippen molar-refractivity contribution in [2.24, 2.45) is 0 Å². The predicted octanol–water partition coefficient (Wildman–Crippen LogP) is 13.1. The van der Waals surface area contributed by atoms with Gasteiger partial charge in [-0.2, -0.15) is 0 Å². The van der Waals surface area contributed by atoms with E-state index in [2.05, 4.69) is 126 Å². The summed E-state index contributed by atoms with van der Waals surface area (Å²) in [7, 11) is 0. The standard InChI is InChI=1S/C45H26N2O3/c1-2-11-29(12-3-1)47(31-19-22-34-35-21-17-28-10-5-7-14-33(28)44(35)49-41(34)26-31)30-20-24-38-37(25-30)42-36(15-8-16-39(42)48-38)45-46-43-32-13-6-4-9-27(32)18-23-40(43)50-45/h1-26H. The van der Waals surface area contributed by atoms with Gasteiger partial charge < -0.3 is 18.2 Å². The van der Waals surface area contributed by atoms with E-state index in [9.17, 15) is 0 Å². The van der Waals surface area contributed by atoms with E-state index in [0.29, 0.717) is 5.89 Å². The van der Waals surface area contributed by atoms with Crippen LogP contribution in [-0.4, -0.2) is 4.98 Å². The lowest BCUT2D eigenvalue weighted by Gasteiger charge is -2.25. The summed E-state index contributed by atoms with van der Waals surface area (Å²) in [6, 6.07) is 54.4. The van der Waals surface area contributed by atoms with Gasteiger partial charge in [0.25, 0.3) is 0 Å². The molecule has 0 aliphatic heterocycles. The van der Waals surface area contributed by atoms with Crippen LogP contribution >= 0.6 is 0 Å². The number of anilines is 3. The highest BCUT2D eigenvalue weighted by Gasteiger charge is 2.21. The molecule has 0 unspecified atom stereocenters. The molecule has 0 saturated carbocycles. The number of hydrogen-bond donors (Lipinski definition) is 0. The number of nitrogens with zero attached hydrogens (tertiary/aromatic N) is 2. The normalized spacial score (nSPS) is 12.0. The van der Waals surface area contributed by atoms with Crippen molar-refractivity contribution in [3.05, 3.63) is 158 Å². The Labute approximate surface area is 285 Å². The number of hydrogen-bond acceptors (Lipinski definition) is 5. The molecule has 0 aliphatic rings. The number of fused-ring (bicyclic) bond motifs is 11. The summed E-state index contributed by atoms with van der Waals surface area (Å²) in [5.41, 5.74) is 8.85. The number of benzene rings is 8. The Morgan fingerprint density at radius 1 is 0.400 bits per heavy atom. The van der Waals surface area contributed by atoms with Crippen LogP contribution in [0.2, 0.25) is 0 Å². The molecule has 5 heteroatoms. The molecule has 0 spiro atoms. The van der Waals surface area contributed by atoms with E-state index >= 15 is 0 Å². The van der Waals surface area contributed by atoms with Gasteiger partial charge >= 0.3 is 0 Å². The van der Waals surface area contributed by atoms with Crippen LogP contribution in [0.3, 0.4) is 0 Å². The fourth-order valence-electron chi connectivity index (χ4n) is 7.56. The number of para-hydroxylation sites is 1. The van der Waals surface area contributed by atoms with E-state index in [1.165, 1.54) is 0 Å². The van der Waals surface area contributed by atoms with Crippen LogP contribution in [-0.2, 0) is 0 Å². The van der Waals surface area contributed by atoms with Crippen LogP contribution in [0.15, 0.2) is 171 Å². The zero-order valence-electron chi connectivity index (χ0n) is 26.6. The SMILES string of the molecule is c1ccc(N(c2ccc3c(c2)oc2c4ccccc4ccc32)c2ccc3oc4cccc(-c5nc6c(ccc7ccccc76)o5)c4c3c2)cc1. The Morgan fingerprint density at radius 3 is 2.02 bits per heavy atom. The molecule has 0 N–H and O–H groups in total. The third-order valence-corrected chi connectivity index (χ3v) is 9.87. The number of rotatable bonds is 4. The Balaban J connectivity index is 1.11. The molecule has 3 aromatic heterocycles. The maximum Gasteiger partial charge on any atom is 0.228 e. The summed E-state index contributed by atoms with van der Waals surface area (Å²) in [6.45, 7) is 0. The Kier molecular flexibility index (Phi) is 5.60. The van der Waals surface area contributed by atoms with Crippen molar-refractivity contribution < 1.29 is 13.3 Å². The van der Waals surface area contributed by atoms with E-state index in [1.807, 2.05) is 36.4 Å². The maximum absolute atomic E-state index is 6.60. The van der Waals surface area contributed by atoms with E-state index in [-0.39, 0.29) is 0 Å². The maximum atomic E-state index is 6.60. The van der Waals surface area contributed by atoms with Crippen LogP contribution < -0.4 is 4.90 Å². The second kappa shape index (κ2) is 10.3. The van der Waals surface area contributed by atoms with Gasteiger partial charge in [-0.3, -0.25) is 0 Å². The molecule has 0 radical (unpaired) electrons. The predicted molar refractivity (Wildman–Crippen MR) is 204 cm³/mol. The van der Waals surface area contributed by atoms with Crippen LogP contribution in [0.4, 0.5) is 17.1 Å². The van der Waals surface area contributed by atoms with Gasteiger partial charge in [-0.05, 0) is 77.5 Å². The van der Waals surface area contributed by atoms with Gasteiger partial charge in [-0.1, -0.05) is 84.9 Å². The molecular weight excluding hydrogens is 617 g/mol. The van der Waals surface area contributed by atoms with Crippen molar-refractivity contribution in [3.8, 4) is 11.5 Å². The highest BCUT2D eigenvalue weighted by Crippen LogP contribution is 2.43. The van der Waals surface area contributed by atoms with E-state index in [0.717, 1.165) is 99.1 Å². The van der Waals surface area contributed by atoms with Crippen LogP contribution in [0, 0.1) is 0 Å². The van der Waals surface area contributed by atoms with Crippen molar-refractivity contribution in [1.29, 1.82) is 0 Å². The molecule has 0 saturated heterocycles. The fourth-order valence-corrected chi connectivity index (χ4v) is 7.56. The zero-order valence-corrected chi connectivity index (χ0v) is 26.6. The topological polar surface area (TPSA) is 55.6 Å². The lowest BCUT2D eigenvalue weighted by Crippen LogP contribution is -2.09. The molecular formula is C45H26N2O3. The fraction of sp³-hybridized carbons (Fsp3) is 0. The first-order valence-electron chi connectivity index (χ1n) is 16.7. The molecule has 5 nitrogen and oxygen atoms in total. The summed E-state index contributed by atoms with van der Waals surface area (Å²) in [5.74, 6) is 0.567.